The number of amides is 1. The zero-order chi connectivity index (χ0) is 15.4. The van der Waals surface area contributed by atoms with Gasteiger partial charge in [-0.3, -0.25) is 14.9 Å². The topological polar surface area (TPSA) is 136 Å². The van der Waals surface area contributed by atoms with Crippen LogP contribution < -0.4 is 11.1 Å². The van der Waals surface area contributed by atoms with Crippen LogP contribution in [0.25, 0.3) is 0 Å². The van der Waals surface area contributed by atoms with E-state index in [0.29, 0.717) is 13.1 Å². The van der Waals surface area contributed by atoms with E-state index in [0.717, 1.165) is 18.2 Å². The third kappa shape index (κ3) is 3.34. The quantitative estimate of drug-likeness (QED) is 0.421. The van der Waals surface area contributed by atoms with E-state index in [1.165, 1.54) is 12.5 Å². The van der Waals surface area contributed by atoms with E-state index in [9.17, 15) is 20.0 Å². The number of rotatable bonds is 5. The number of imidazole rings is 1. The number of nitro benzene ring substituents is 1. The highest BCUT2D eigenvalue weighted by Gasteiger charge is 2.15. The molecule has 0 aliphatic heterocycles. The fourth-order valence-electron chi connectivity index (χ4n) is 1.67. The van der Waals surface area contributed by atoms with Crippen molar-refractivity contribution in [3.8, 4) is 5.75 Å². The summed E-state index contributed by atoms with van der Waals surface area (Å²) in [6.07, 6.45) is 2.95. The SMILES string of the molecule is NCCn1cnc(C(=O)Nc2cc([N+](=O)[O-])ccc2O)c1. The summed E-state index contributed by atoms with van der Waals surface area (Å²) in [5.74, 6) is -0.850. The van der Waals surface area contributed by atoms with Gasteiger partial charge in [0, 0.05) is 31.4 Å². The summed E-state index contributed by atoms with van der Waals surface area (Å²) in [5, 5.41) is 22.7. The van der Waals surface area contributed by atoms with Gasteiger partial charge in [0.2, 0.25) is 0 Å². The molecule has 0 aliphatic rings. The zero-order valence-electron chi connectivity index (χ0n) is 10.9. The Kier molecular flexibility index (Phi) is 4.14. The normalized spacial score (nSPS) is 10.3. The molecule has 110 valence electrons. The van der Waals surface area contributed by atoms with Crippen molar-refractivity contribution >= 4 is 17.3 Å². The number of hydrogen-bond donors (Lipinski definition) is 3. The van der Waals surface area contributed by atoms with Gasteiger partial charge in [-0.05, 0) is 6.07 Å². The molecule has 0 saturated heterocycles. The van der Waals surface area contributed by atoms with E-state index in [2.05, 4.69) is 10.3 Å². The molecule has 0 radical (unpaired) electrons. The number of carbonyl (C=O) groups excluding carboxylic acids is 1. The minimum atomic E-state index is -0.620. The minimum Gasteiger partial charge on any atom is -0.506 e. The van der Waals surface area contributed by atoms with Crippen LogP contribution in [0.5, 0.6) is 5.75 Å². The maximum atomic E-state index is 12.0. The van der Waals surface area contributed by atoms with Crippen LogP contribution in [0.4, 0.5) is 11.4 Å². The first kappa shape index (κ1) is 14.5. The number of benzene rings is 1. The first-order valence-corrected chi connectivity index (χ1v) is 6.02. The number of aromatic hydroxyl groups is 1. The Labute approximate surface area is 119 Å². The van der Waals surface area contributed by atoms with Crippen molar-refractivity contribution in [1.29, 1.82) is 0 Å². The van der Waals surface area contributed by atoms with Crippen molar-refractivity contribution < 1.29 is 14.8 Å². The highest BCUT2D eigenvalue weighted by atomic mass is 16.6. The smallest absolute Gasteiger partial charge is 0.275 e. The van der Waals surface area contributed by atoms with Crippen molar-refractivity contribution in [3.63, 3.8) is 0 Å². The molecular formula is C12H13N5O4. The highest BCUT2D eigenvalue weighted by Crippen LogP contribution is 2.28. The lowest BCUT2D eigenvalue weighted by Gasteiger charge is -2.05. The van der Waals surface area contributed by atoms with E-state index in [1.54, 1.807) is 4.57 Å². The van der Waals surface area contributed by atoms with Crippen LogP contribution >= 0.6 is 0 Å². The van der Waals surface area contributed by atoms with E-state index in [4.69, 9.17) is 5.73 Å². The molecule has 1 aromatic carbocycles. The number of non-ortho nitro benzene ring substituents is 1. The molecule has 9 nitrogen and oxygen atoms in total. The number of nitrogens with two attached hydrogens (primary N) is 1. The molecule has 0 saturated carbocycles. The number of phenols is 1. The first-order valence-electron chi connectivity index (χ1n) is 6.02. The van der Waals surface area contributed by atoms with Crippen LogP contribution in [-0.4, -0.2) is 32.0 Å². The molecule has 0 fully saturated rings. The van der Waals surface area contributed by atoms with Gasteiger partial charge in [0.05, 0.1) is 16.9 Å². The lowest BCUT2D eigenvalue weighted by atomic mass is 10.2. The molecule has 0 atom stereocenters. The van der Waals surface area contributed by atoms with Gasteiger partial charge in [0.25, 0.3) is 11.6 Å². The molecule has 1 heterocycles. The van der Waals surface area contributed by atoms with E-state index in [-0.39, 0.29) is 22.8 Å². The Morgan fingerprint density at radius 2 is 2.29 bits per heavy atom. The van der Waals surface area contributed by atoms with Crippen LogP contribution in [0.3, 0.4) is 0 Å². The number of carbonyl (C=O) groups is 1. The molecule has 1 amide bonds. The summed E-state index contributed by atoms with van der Waals surface area (Å²) in [6.45, 7) is 0.922. The van der Waals surface area contributed by atoms with Crippen LogP contribution in [0, 0.1) is 10.1 Å². The van der Waals surface area contributed by atoms with Crippen LogP contribution in [-0.2, 0) is 6.54 Å². The van der Waals surface area contributed by atoms with Crippen molar-refractivity contribution in [2.45, 2.75) is 6.54 Å². The number of anilines is 1. The predicted molar refractivity (Wildman–Crippen MR) is 74.0 cm³/mol. The molecule has 0 unspecified atom stereocenters. The second kappa shape index (κ2) is 6.01. The number of nitrogens with zero attached hydrogens (tertiary/aromatic N) is 3. The third-order valence-electron chi connectivity index (χ3n) is 2.69. The van der Waals surface area contributed by atoms with Gasteiger partial charge in [-0.15, -0.1) is 0 Å². The molecule has 0 bridgehead atoms. The van der Waals surface area contributed by atoms with Gasteiger partial charge < -0.3 is 20.7 Å². The molecule has 1 aromatic heterocycles. The van der Waals surface area contributed by atoms with Crippen molar-refractivity contribution in [2.75, 3.05) is 11.9 Å². The maximum absolute atomic E-state index is 12.0. The van der Waals surface area contributed by atoms with Crippen molar-refractivity contribution in [1.82, 2.24) is 9.55 Å². The standard InChI is InChI=1S/C12H13N5O4/c13-3-4-16-6-10(14-7-16)12(19)15-9-5-8(17(20)21)1-2-11(9)18/h1-2,5-7,18H,3-4,13H2,(H,15,19). The summed E-state index contributed by atoms with van der Waals surface area (Å²) in [7, 11) is 0. The van der Waals surface area contributed by atoms with Gasteiger partial charge in [-0.1, -0.05) is 0 Å². The number of phenolic OH excluding ortho intramolecular Hbond substituents is 1. The number of nitrogens with one attached hydrogen (secondary N) is 1. The monoisotopic (exact) mass is 291 g/mol. The van der Waals surface area contributed by atoms with Gasteiger partial charge >= 0.3 is 0 Å². The second-order valence-electron chi connectivity index (χ2n) is 4.20. The fourth-order valence-corrected chi connectivity index (χ4v) is 1.67. The predicted octanol–water partition coefficient (Wildman–Crippen LogP) is 0.708. The molecular weight excluding hydrogens is 278 g/mol. The average molecular weight is 291 g/mol. The summed E-state index contributed by atoms with van der Waals surface area (Å²) < 4.78 is 1.64. The van der Waals surface area contributed by atoms with Gasteiger partial charge in [-0.2, -0.15) is 0 Å². The number of hydrogen-bond acceptors (Lipinski definition) is 6. The first-order chi connectivity index (χ1) is 10.0. The van der Waals surface area contributed by atoms with E-state index in [1.807, 2.05) is 0 Å². The summed E-state index contributed by atoms with van der Waals surface area (Å²) in [4.78, 5) is 25.9. The zero-order valence-corrected chi connectivity index (χ0v) is 10.9. The van der Waals surface area contributed by atoms with Crippen molar-refractivity contribution in [2.24, 2.45) is 5.73 Å². The highest BCUT2D eigenvalue weighted by molar-refractivity contribution is 6.03. The maximum Gasteiger partial charge on any atom is 0.275 e. The number of nitro groups is 1. The fraction of sp³-hybridized carbons (Fsp3) is 0.167. The summed E-state index contributed by atoms with van der Waals surface area (Å²) in [6, 6.07) is 3.35. The van der Waals surface area contributed by atoms with E-state index >= 15 is 0 Å². The Hall–Kier alpha value is -2.94. The summed E-state index contributed by atoms with van der Waals surface area (Å²) in [5.41, 5.74) is 5.22. The molecule has 2 rings (SSSR count). The molecule has 2 aromatic rings. The van der Waals surface area contributed by atoms with Crippen LogP contribution in [0.2, 0.25) is 0 Å². The Balaban J connectivity index is 2.18. The lowest BCUT2D eigenvalue weighted by molar-refractivity contribution is -0.384. The largest absolute Gasteiger partial charge is 0.506 e. The Morgan fingerprint density at radius 1 is 1.52 bits per heavy atom. The second-order valence-corrected chi connectivity index (χ2v) is 4.20. The minimum absolute atomic E-state index is 0.0532. The van der Waals surface area contributed by atoms with Crippen LogP contribution in [0.1, 0.15) is 10.5 Å². The molecule has 4 N–H and O–H groups in total. The van der Waals surface area contributed by atoms with Gasteiger partial charge in [-0.25, -0.2) is 4.98 Å². The molecule has 9 heteroatoms. The van der Waals surface area contributed by atoms with Crippen LogP contribution in [0.15, 0.2) is 30.7 Å². The average Bonchev–Trinajstić information content (AvgIpc) is 2.90. The lowest BCUT2D eigenvalue weighted by Crippen LogP contribution is -2.13. The number of aromatic nitrogens is 2. The van der Waals surface area contributed by atoms with Gasteiger partial charge in [0.1, 0.15) is 11.4 Å². The molecule has 0 spiro atoms. The molecule has 0 aliphatic carbocycles. The molecule has 21 heavy (non-hydrogen) atoms. The third-order valence-corrected chi connectivity index (χ3v) is 2.69. The van der Waals surface area contributed by atoms with Crippen molar-refractivity contribution in [3.05, 3.63) is 46.5 Å². The Morgan fingerprint density at radius 3 is 2.95 bits per heavy atom. The van der Waals surface area contributed by atoms with E-state index < -0.39 is 10.8 Å². The Bertz CT molecular complexity index is 682. The van der Waals surface area contributed by atoms with Gasteiger partial charge in [0.15, 0.2) is 0 Å². The summed E-state index contributed by atoms with van der Waals surface area (Å²) >= 11 is 0.